The van der Waals surface area contributed by atoms with Gasteiger partial charge in [0.1, 0.15) is 0 Å². The quantitative estimate of drug-likeness (QED) is 0.495. The van der Waals surface area contributed by atoms with E-state index in [1.807, 2.05) is 19.1 Å². The van der Waals surface area contributed by atoms with Crippen molar-refractivity contribution in [3.05, 3.63) is 71.8 Å². The highest BCUT2D eigenvalue weighted by atomic mass is 16.5. The van der Waals surface area contributed by atoms with Gasteiger partial charge in [-0.15, -0.1) is 0 Å². The largest absolute Gasteiger partial charge is 0.359 e. The molecule has 0 aromatic heterocycles. The number of hydrogen-bond donors (Lipinski definition) is 0. The van der Waals surface area contributed by atoms with E-state index < -0.39 is 6.10 Å². The molecule has 24 heavy (non-hydrogen) atoms. The zero-order valence-electron chi connectivity index (χ0n) is 14.3. The second-order valence-corrected chi connectivity index (χ2v) is 5.93. The SMILES string of the molecule is CCCCC(C)OC(C(=O)c1ccccc1)C(=O)c1ccccc1. The van der Waals surface area contributed by atoms with E-state index in [-0.39, 0.29) is 17.7 Å². The summed E-state index contributed by atoms with van der Waals surface area (Å²) in [7, 11) is 0. The van der Waals surface area contributed by atoms with Gasteiger partial charge in [-0.2, -0.15) is 0 Å². The van der Waals surface area contributed by atoms with Crippen molar-refractivity contribution in [2.45, 2.75) is 45.3 Å². The molecule has 0 spiro atoms. The Hall–Kier alpha value is -2.26. The van der Waals surface area contributed by atoms with Crippen LogP contribution in [-0.2, 0) is 4.74 Å². The topological polar surface area (TPSA) is 43.4 Å². The van der Waals surface area contributed by atoms with E-state index in [1.54, 1.807) is 48.5 Å². The molecular formula is C21H24O3. The standard InChI is InChI=1S/C21H24O3/c1-3-4-11-16(2)24-21(19(22)17-12-7-5-8-13-17)20(23)18-14-9-6-10-15-18/h5-10,12-16,21H,3-4,11H2,1-2H3. The van der Waals surface area contributed by atoms with Crippen molar-refractivity contribution in [2.75, 3.05) is 0 Å². The molecule has 1 unspecified atom stereocenters. The maximum absolute atomic E-state index is 12.8. The molecule has 0 aliphatic rings. The van der Waals surface area contributed by atoms with Crippen LogP contribution in [0.4, 0.5) is 0 Å². The first-order chi connectivity index (χ1) is 11.6. The van der Waals surface area contributed by atoms with Gasteiger partial charge in [-0.25, -0.2) is 0 Å². The first-order valence-corrected chi connectivity index (χ1v) is 8.47. The Morgan fingerprint density at radius 1 is 0.875 bits per heavy atom. The van der Waals surface area contributed by atoms with Crippen LogP contribution >= 0.6 is 0 Å². The summed E-state index contributed by atoms with van der Waals surface area (Å²) in [6.07, 6.45) is 1.65. The monoisotopic (exact) mass is 324 g/mol. The van der Waals surface area contributed by atoms with Gasteiger partial charge < -0.3 is 4.74 Å². The number of benzene rings is 2. The Labute approximate surface area is 143 Å². The molecule has 0 N–H and O–H groups in total. The fourth-order valence-electron chi connectivity index (χ4n) is 2.54. The lowest BCUT2D eigenvalue weighted by Gasteiger charge is -2.21. The molecule has 0 heterocycles. The number of unbranched alkanes of at least 4 members (excludes halogenated alkanes) is 1. The third-order valence-corrected chi connectivity index (χ3v) is 3.93. The summed E-state index contributed by atoms with van der Waals surface area (Å²) < 4.78 is 5.89. The number of ether oxygens (including phenoxy) is 1. The van der Waals surface area contributed by atoms with Gasteiger partial charge in [0, 0.05) is 11.1 Å². The first-order valence-electron chi connectivity index (χ1n) is 8.47. The second kappa shape index (κ2) is 9.14. The minimum atomic E-state index is -1.10. The van der Waals surface area contributed by atoms with Crippen molar-refractivity contribution in [3.63, 3.8) is 0 Å². The fraction of sp³-hybridized carbons (Fsp3) is 0.333. The summed E-state index contributed by atoms with van der Waals surface area (Å²) in [4.78, 5) is 25.6. The van der Waals surface area contributed by atoms with Crippen LogP contribution in [0, 0.1) is 0 Å². The minimum Gasteiger partial charge on any atom is -0.359 e. The van der Waals surface area contributed by atoms with Crippen LogP contribution in [0.25, 0.3) is 0 Å². The predicted octanol–water partition coefficient (Wildman–Crippen LogP) is 4.72. The summed E-state index contributed by atoms with van der Waals surface area (Å²) in [6, 6.07) is 17.7. The van der Waals surface area contributed by atoms with E-state index in [1.165, 1.54) is 0 Å². The third-order valence-electron chi connectivity index (χ3n) is 3.93. The molecule has 126 valence electrons. The maximum atomic E-state index is 12.8. The fourth-order valence-corrected chi connectivity index (χ4v) is 2.54. The Bertz CT molecular complexity index is 598. The van der Waals surface area contributed by atoms with Crippen LogP contribution in [0.2, 0.25) is 0 Å². The van der Waals surface area contributed by atoms with E-state index in [0.29, 0.717) is 11.1 Å². The van der Waals surface area contributed by atoms with Crippen LogP contribution in [-0.4, -0.2) is 23.8 Å². The molecule has 0 aliphatic carbocycles. The van der Waals surface area contributed by atoms with E-state index in [4.69, 9.17) is 4.74 Å². The Balaban J connectivity index is 2.24. The Morgan fingerprint density at radius 3 is 1.75 bits per heavy atom. The molecule has 2 rings (SSSR count). The van der Waals surface area contributed by atoms with Crippen LogP contribution in [0.1, 0.15) is 53.8 Å². The zero-order chi connectivity index (χ0) is 17.4. The highest BCUT2D eigenvalue weighted by Gasteiger charge is 2.30. The molecule has 0 saturated carbocycles. The van der Waals surface area contributed by atoms with Crippen LogP contribution in [0.5, 0.6) is 0 Å². The van der Waals surface area contributed by atoms with E-state index in [2.05, 4.69) is 6.92 Å². The van der Waals surface area contributed by atoms with Gasteiger partial charge in [0.2, 0.25) is 0 Å². The molecule has 2 aromatic rings. The van der Waals surface area contributed by atoms with E-state index in [0.717, 1.165) is 19.3 Å². The Morgan fingerprint density at radius 2 is 1.33 bits per heavy atom. The van der Waals surface area contributed by atoms with Crippen molar-refractivity contribution >= 4 is 11.6 Å². The predicted molar refractivity (Wildman–Crippen MR) is 95.4 cm³/mol. The lowest BCUT2D eigenvalue weighted by molar-refractivity contribution is 0.00590. The molecule has 1 atom stereocenters. The highest BCUT2D eigenvalue weighted by Crippen LogP contribution is 2.16. The van der Waals surface area contributed by atoms with Crippen molar-refractivity contribution in [1.29, 1.82) is 0 Å². The first kappa shape index (κ1) is 18.1. The van der Waals surface area contributed by atoms with Gasteiger partial charge in [-0.05, 0) is 13.3 Å². The van der Waals surface area contributed by atoms with Crippen LogP contribution in [0.3, 0.4) is 0 Å². The third kappa shape index (κ3) is 4.87. The van der Waals surface area contributed by atoms with Gasteiger partial charge in [0.15, 0.2) is 17.7 Å². The van der Waals surface area contributed by atoms with Crippen molar-refractivity contribution in [1.82, 2.24) is 0 Å². The number of rotatable bonds is 9. The molecule has 0 saturated heterocycles. The number of carbonyl (C=O) groups is 2. The van der Waals surface area contributed by atoms with Crippen molar-refractivity contribution < 1.29 is 14.3 Å². The van der Waals surface area contributed by atoms with Gasteiger partial charge in [-0.1, -0.05) is 80.4 Å². The smallest absolute Gasteiger partial charge is 0.199 e. The molecule has 0 amide bonds. The molecule has 0 aliphatic heterocycles. The average Bonchev–Trinajstić information content (AvgIpc) is 2.64. The summed E-state index contributed by atoms with van der Waals surface area (Å²) in [6.45, 7) is 4.02. The molecule has 3 heteroatoms. The van der Waals surface area contributed by atoms with Gasteiger partial charge in [-0.3, -0.25) is 9.59 Å². The molecule has 0 fully saturated rings. The van der Waals surface area contributed by atoms with Crippen LogP contribution in [0.15, 0.2) is 60.7 Å². The summed E-state index contributed by atoms with van der Waals surface area (Å²) in [5.74, 6) is -0.569. The van der Waals surface area contributed by atoms with Crippen LogP contribution < -0.4 is 0 Å². The lowest BCUT2D eigenvalue weighted by Crippen LogP contribution is -2.36. The van der Waals surface area contributed by atoms with Crippen molar-refractivity contribution in [2.24, 2.45) is 0 Å². The second-order valence-electron chi connectivity index (χ2n) is 5.93. The summed E-state index contributed by atoms with van der Waals surface area (Å²) in [5.41, 5.74) is 0.990. The molecule has 2 aromatic carbocycles. The Kier molecular flexibility index (Phi) is 6.89. The molecule has 3 nitrogen and oxygen atoms in total. The lowest BCUT2D eigenvalue weighted by atomic mass is 9.98. The summed E-state index contributed by atoms with van der Waals surface area (Å²) >= 11 is 0. The van der Waals surface area contributed by atoms with E-state index >= 15 is 0 Å². The minimum absolute atomic E-state index is 0.143. The molecular weight excluding hydrogens is 300 g/mol. The number of carbonyl (C=O) groups excluding carboxylic acids is 2. The van der Waals surface area contributed by atoms with Crippen molar-refractivity contribution in [3.8, 4) is 0 Å². The van der Waals surface area contributed by atoms with E-state index in [9.17, 15) is 9.59 Å². The highest BCUT2D eigenvalue weighted by molar-refractivity contribution is 6.18. The molecule has 0 bridgehead atoms. The maximum Gasteiger partial charge on any atom is 0.199 e. The normalized spacial score (nSPS) is 12.1. The van der Waals surface area contributed by atoms with Gasteiger partial charge >= 0.3 is 0 Å². The molecule has 0 radical (unpaired) electrons. The number of hydrogen-bond acceptors (Lipinski definition) is 3. The van der Waals surface area contributed by atoms with Gasteiger partial charge in [0.25, 0.3) is 0 Å². The average molecular weight is 324 g/mol. The zero-order valence-corrected chi connectivity index (χ0v) is 14.3. The number of ketones is 2. The van der Waals surface area contributed by atoms with Gasteiger partial charge in [0.05, 0.1) is 6.10 Å². The number of Topliss-reactive ketones (excluding diaryl/α,β-unsaturated/α-hetero) is 2. The summed E-state index contributed by atoms with van der Waals surface area (Å²) in [5, 5.41) is 0.